The van der Waals surface area contributed by atoms with Gasteiger partial charge in [-0.3, -0.25) is 0 Å². The van der Waals surface area contributed by atoms with Crippen LogP contribution in [0.5, 0.6) is 5.75 Å². The van der Waals surface area contributed by atoms with Gasteiger partial charge in [-0.15, -0.1) is 0 Å². The fourth-order valence-electron chi connectivity index (χ4n) is 2.22. The average Bonchev–Trinajstić information content (AvgIpc) is 2.43. The molecule has 0 spiro atoms. The molecule has 0 aliphatic heterocycles. The molecule has 2 aromatic rings. The predicted octanol–water partition coefficient (Wildman–Crippen LogP) is 5.08. The van der Waals surface area contributed by atoms with E-state index in [4.69, 9.17) is 17.0 Å². The number of nitrogens with one attached hydrogen (secondary N) is 1. The molecular weight excluding hydrogens is 348 g/mol. The smallest absolute Gasteiger partial charge is 0.144 e. The third kappa shape index (κ3) is 3.71. The number of aromatic nitrogens is 2. The van der Waals surface area contributed by atoms with Crippen molar-refractivity contribution in [3.05, 3.63) is 38.6 Å². The summed E-state index contributed by atoms with van der Waals surface area (Å²) in [5.74, 6) is 2.21. The molecular formula is C16H19BrN2OS. The van der Waals surface area contributed by atoms with E-state index in [9.17, 15) is 0 Å². The second-order valence-electron chi connectivity index (χ2n) is 5.47. The van der Waals surface area contributed by atoms with Crippen LogP contribution in [0.15, 0.2) is 22.7 Å². The van der Waals surface area contributed by atoms with Crippen molar-refractivity contribution in [3.63, 3.8) is 0 Å². The first kappa shape index (κ1) is 16.2. The maximum atomic E-state index is 5.36. The Morgan fingerprint density at radius 2 is 2.10 bits per heavy atom. The van der Waals surface area contributed by atoms with E-state index in [2.05, 4.69) is 45.8 Å². The molecule has 1 aromatic carbocycles. The van der Waals surface area contributed by atoms with Crippen molar-refractivity contribution < 1.29 is 4.74 Å². The van der Waals surface area contributed by atoms with Crippen molar-refractivity contribution in [2.75, 3.05) is 7.11 Å². The second-order valence-corrected chi connectivity index (χ2v) is 6.65. The van der Waals surface area contributed by atoms with Crippen LogP contribution in [-0.4, -0.2) is 17.1 Å². The van der Waals surface area contributed by atoms with Gasteiger partial charge < -0.3 is 9.72 Å². The van der Waals surface area contributed by atoms with Crippen molar-refractivity contribution in [2.24, 2.45) is 5.92 Å². The van der Waals surface area contributed by atoms with Gasteiger partial charge in [0.25, 0.3) is 0 Å². The summed E-state index contributed by atoms with van der Waals surface area (Å²) >= 11 is 8.89. The van der Waals surface area contributed by atoms with E-state index in [0.29, 0.717) is 10.6 Å². The molecule has 1 N–H and O–H groups in total. The molecule has 21 heavy (non-hydrogen) atoms. The van der Waals surface area contributed by atoms with Gasteiger partial charge in [0.15, 0.2) is 0 Å². The number of nitrogens with zero attached hydrogens (tertiary/aromatic N) is 1. The molecule has 0 radical (unpaired) electrons. The van der Waals surface area contributed by atoms with Crippen molar-refractivity contribution in [3.8, 4) is 17.1 Å². The summed E-state index contributed by atoms with van der Waals surface area (Å²) in [5, 5.41) is 0. The van der Waals surface area contributed by atoms with Gasteiger partial charge in [0.05, 0.1) is 11.6 Å². The number of aryl methyl sites for hydroxylation is 1. The summed E-state index contributed by atoms with van der Waals surface area (Å²) in [6.07, 6.45) is 0.925. The number of aromatic amines is 1. The molecule has 0 aliphatic carbocycles. The summed E-state index contributed by atoms with van der Waals surface area (Å²) < 4.78 is 6.78. The molecule has 1 aromatic heterocycles. The highest BCUT2D eigenvalue weighted by atomic mass is 79.9. The zero-order valence-electron chi connectivity index (χ0n) is 12.7. The molecule has 0 fully saturated rings. The number of methoxy groups -OCH3 is 1. The number of rotatable bonds is 4. The van der Waals surface area contributed by atoms with E-state index in [1.54, 1.807) is 7.11 Å². The van der Waals surface area contributed by atoms with Gasteiger partial charge in [-0.1, -0.05) is 26.1 Å². The fraction of sp³-hybridized carbons (Fsp3) is 0.375. The van der Waals surface area contributed by atoms with E-state index in [1.165, 1.54) is 0 Å². The van der Waals surface area contributed by atoms with Crippen LogP contribution in [0.1, 0.15) is 25.1 Å². The lowest BCUT2D eigenvalue weighted by Gasteiger charge is -2.12. The first-order valence-electron chi connectivity index (χ1n) is 6.86. The average molecular weight is 367 g/mol. The minimum absolute atomic E-state index is 0.541. The largest absolute Gasteiger partial charge is 0.496 e. The van der Waals surface area contributed by atoms with Crippen LogP contribution in [0.4, 0.5) is 0 Å². The molecule has 3 nitrogen and oxygen atoms in total. The van der Waals surface area contributed by atoms with Gasteiger partial charge >= 0.3 is 0 Å². The lowest BCUT2D eigenvalue weighted by molar-refractivity contribution is 0.412. The van der Waals surface area contributed by atoms with E-state index in [1.807, 2.05) is 19.1 Å². The van der Waals surface area contributed by atoms with Crippen LogP contribution in [0, 0.1) is 17.5 Å². The first-order chi connectivity index (χ1) is 9.92. The maximum Gasteiger partial charge on any atom is 0.144 e. The SMILES string of the molecule is COc1ccc(-c2nc(=S)c(Br)c(CC(C)C)[nH]2)cc1C. The molecule has 5 heteroatoms. The molecule has 2 rings (SSSR count). The van der Waals surface area contributed by atoms with E-state index >= 15 is 0 Å². The normalized spacial score (nSPS) is 11.0. The number of halogens is 1. The lowest BCUT2D eigenvalue weighted by Crippen LogP contribution is -2.03. The predicted molar refractivity (Wildman–Crippen MR) is 92.4 cm³/mol. The van der Waals surface area contributed by atoms with Crippen molar-refractivity contribution in [1.82, 2.24) is 9.97 Å². The zero-order chi connectivity index (χ0) is 15.6. The number of H-pyrrole nitrogens is 1. The second kappa shape index (κ2) is 6.71. The number of benzene rings is 1. The monoisotopic (exact) mass is 366 g/mol. The van der Waals surface area contributed by atoms with Crippen LogP contribution < -0.4 is 4.74 Å². The van der Waals surface area contributed by atoms with Gasteiger partial charge in [0.1, 0.15) is 16.2 Å². The van der Waals surface area contributed by atoms with E-state index < -0.39 is 0 Å². The quantitative estimate of drug-likeness (QED) is 0.766. The molecule has 112 valence electrons. The molecule has 1 heterocycles. The Morgan fingerprint density at radius 3 is 2.67 bits per heavy atom. The molecule has 0 saturated carbocycles. The van der Waals surface area contributed by atoms with Gasteiger partial charge in [-0.2, -0.15) is 0 Å². The molecule has 0 bridgehead atoms. The molecule has 0 unspecified atom stereocenters. The maximum absolute atomic E-state index is 5.36. The lowest BCUT2D eigenvalue weighted by atomic mass is 10.1. The van der Waals surface area contributed by atoms with Crippen molar-refractivity contribution in [2.45, 2.75) is 27.2 Å². The zero-order valence-corrected chi connectivity index (χ0v) is 15.1. The number of ether oxygens (including phenoxy) is 1. The van der Waals surface area contributed by atoms with Gasteiger partial charge in [-0.05, 0) is 59.0 Å². The molecule has 0 aliphatic rings. The Hall–Kier alpha value is -1.20. The highest BCUT2D eigenvalue weighted by Crippen LogP contribution is 2.26. The highest BCUT2D eigenvalue weighted by Gasteiger charge is 2.10. The Bertz CT molecular complexity index is 710. The number of hydrogen-bond donors (Lipinski definition) is 1. The van der Waals surface area contributed by atoms with Crippen LogP contribution in [-0.2, 0) is 6.42 Å². The van der Waals surface area contributed by atoms with E-state index in [0.717, 1.165) is 39.3 Å². The highest BCUT2D eigenvalue weighted by molar-refractivity contribution is 9.10. The van der Waals surface area contributed by atoms with Crippen molar-refractivity contribution >= 4 is 28.1 Å². The van der Waals surface area contributed by atoms with Crippen LogP contribution in [0.2, 0.25) is 0 Å². The fourth-order valence-corrected chi connectivity index (χ4v) is 2.78. The third-order valence-corrected chi connectivity index (χ3v) is 4.63. The standard InChI is InChI=1S/C16H19BrN2OS/c1-9(2)7-12-14(17)16(21)19-15(18-12)11-5-6-13(20-4)10(3)8-11/h5-6,8-9H,7H2,1-4H3,(H,18,19,21). The van der Waals surface area contributed by atoms with Gasteiger partial charge in [0.2, 0.25) is 0 Å². The minimum Gasteiger partial charge on any atom is -0.496 e. The summed E-state index contributed by atoms with van der Waals surface area (Å²) in [4.78, 5) is 7.88. The molecule has 0 saturated heterocycles. The number of hydrogen-bond acceptors (Lipinski definition) is 3. The summed E-state index contributed by atoms with van der Waals surface area (Å²) in [6, 6.07) is 6.00. The third-order valence-electron chi connectivity index (χ3n) is 3.22. The Kier molecular flexibility index (Phi) is 5.17. The van der Waals surface area contributed by atoms with Crippen LogP contribution in [0.25, 0.3) is 11.4 Å². The Morgan fingerprint density at radius 1 is 1.38 bits per heavy atom. The minimum atomic E-state index is 0.541. The molecule has 0 amide bonds. The van der Waals surface area contributed by atoms with E-state index in [-0.39, 0.29) is 0 Å². The van der Waals surface area contributed by atoms with Crippen molar-refractivity contribution in [1.29, 1.82) is 0 Å². The van der Waals surface area contributed by atoms with Crippen LogP contribution >= 0.6 is 28.1 Å². The molecule has 0 atom stereocenters. The Labute approximate surface area is 138 Å². The van der Waals surface area contributed by atoms with Gasteiger partial charge in [-0.25, -0.2) is 4.98 Å². The van der Waals surface area contributed by atoms with Crippen LogP contribution in [0.3, 0.4) is 0 Å². The Balaban J connectivity index is 2.51. The first-order valence-corrected chi connectivity index (χ1v) is 8.06. The summed E-state index contributed by atoms with van der Waals surface area (Å²) in [5.41, 5.74) is 3.18. The van der Waals surface area contributed by atoms with Gasteiger partial charge in [0, 0.05) is 11.3 Å². The summed E-state index contributed by atoms with van der Waals surface area (Å²) in [7, 11) is 1.67. The topological polar surface area (TPSA) is 37.9 Å². The summed E-state index contributed by atoms with van der Waals surface area (Å²) in [6.45, 7) is 6.38.